The highest BCUT2D eigenvalue weighted by Gasteiger charge is 2.17. The van der Waals surface area contributed by atoms with Crippen LogP contribution in [0.3, 0.4) is 0 Å². The van der Waals surface area contributed by atoms with Crippen LogP contribution < -0.4 is 19.9 Å². The van der Waals surface area contributed by atoms with Crippen molar-refractivity contribution in [3.05, 3.63) is 46.6 Å². The van der Waals surface area contributed by atoms with Gasteiger partial charge in [0, 0.05) is 25.5 Å². The van der Waals surface area contributed by atoms with Crippen molar-refractivity contribution in [3.8, 4) is 17.5 Å². The fourth-order valence-electron chi connectivity index (χ4n) is 3.23. The summed E-state index contributed by atoms with van der Waals surface area (Å²) in [7, 11) is 1.69. The molecule has 0 saturated heterocycles. The molecule has 0 bridgehead atoms. The van der Waals surface area contributed by atoms with Gasteiger partial charge in [-0.2, -0.15) is 9.97 Å². The topological polar surface area (TPSA) is 88.7 Å². The highest BCUT2D eigenvalue weighted by Crippen LogP contribution is 2.35. The predicted octanol–water partition coefficient (Wildman–Crippen LogP) is 3.99. The largest absolute Gasteiger partial charge is 0.463 e. The average Bonchev–Trinajstić information content (AvgIpc) is 3.18. The van der Waals surface area contributed by atoms with Crippen LogP contribution in [0.2, 0.25) is 5.02 Å². The van der Waals surface area contributed by atoms with Crippen LogP contribution in [-0.4, -0.2) is 37.1 Å². The van der Waals surface area contributed by atoms with Gasteiger partial charge in [0.25, 0.3) is 0 Å². The zero-order valence-corrected chi connectivity index (χ0v) is 16.9. The normalized spacial score (nSPS) is 12.5. The van der Waals surface area contributed by atoms with Gasteiger partial charge in [-0.05, 0) is 42.7 Å². The summed E-state index contributed by atoms with van der Waals surface area (Å²) in [4.78, 5) is 9.14. The molecule has 0 spiro atoms. The number of unbranched alkanes of at least 4 members (excludes halogenated alkanes) is 1. The Hall–Kier alpha value is -2.77. The minimum absolute atomic E-state index is 0.235. The molecule has 0 fully saturated rings. The fourth-order valence-corrected chi connectivity index (χ4v) is 3.38. The van der Waals surface area contributed by atoms with E-state index in [1.807, 2.05) is 24.3 Å². The van der Waals surface area contributed by atoms with Gasteiger partial charge in [0.05, 0.1) is 28.5 Å². The number of benzene rings is 2. The zero-order valence-electron chi connectivity index (χ0n) is 16.1. The second kappa shape index (κ2) is 8.71. The first-order chi connectivity index (χ1) is 14.2. The molecule has 7 nitrogen and oxygen atoms in total. The lowest BCUT2D eigenvalue weighted by Gasteiger charge is -2.12. The summed E-state index contributed by atoms with van der Waals surface area (Å²) in [6, 6.07) is 9.71. The zero-order chi connectivity index (χ0) is 20.2. The molecule has 0 unspecified atom stereocenters. The lowest BCUT2D eigenvalue weighted by molar-refractivity contribution is 0.174. The Morgan fingerprint density at radius 2 is 1.90 bits per heavy atom. The number of hydrogen-bond acceptors (Lipinski definition) is 7. The molecular weight excluding hydrogens is 394 g/mol. The predicted molar refractivity (Wildman–Crippen MR) is 111 cm³/mol. The molecule has 1 aromatic heterocycles. The highest BCUT2D eigenvalue weighted by molar-refractivity contribution is 6.34. The lowest BCUT2D eigenvalue weighted by Crippen LogP contribution is -2.06. The maximum absolute atomic E-state index is 6.26. The quantitative estimate of drug-likeness (QED) is 0.439. The number of nitrogens with zero attached hydrogens (tertiary/aromatic N) is 2. The summed E-state index contributed by atoms with van der Waals surface area (Å²) in [6.07, 6.45) is 2.30. The SMILES string of the molecule is COCCCCOc1nc(Cc2ccc3c(c2)OCO3)c2c(N)c(Cl)ccc2n1. The number of anilines is 1. The molecule has 1 aliphatic heterocycles. The third-order valence-electron chi connectivity index (χ3n) is 4.69. The van der Waals surface area contributed by atoms with E-state index in [2.05, 4.69) is 9.97 Å². The van der Waals surface area contributed by atoms with Crippen molar-refractivity contribution >= 4 is 28.2 Å². The van der Waals surface area contributed by atoms with Crippen molar-refractivity contribution in [2.45, 2.75) is 19.3 Å². The molecule has 152 valence electrons. The standard InChI is InChI=1S/C21H22ClN3O4/c1-26-8-2-3-9-27-21-24-15-6-5-14(22)20(23)19(15)16(25-21)10-13-4-7-17-18(11-13)29-12-28-17/h4-7,11H,2-3,8-10,12,23H2,1H3. The van der Waals surface area contributed by atoms with Crippen LogP contribution in [0.4, 0.5) is 5.69 Å². The van der Waals surface area contributed by atoms with E-state index in [0.717, 1.165) is 41.0 Å². The highest BCUT2D eigenvalue weighted by atomic mass is 35.5. The van der Waals surface area contributed by atoms with E-state index in [1.165, 1.54) is 0 Å². The maximum atomic E-state index is 6.26. The molecular formula is C21H22ClN3O4. The second-order valence-corrected chi connectivity index (χ2v) is 7.13. The summed E-state index contributed by atoms with van der Waals surface area (Å²) in [5.74, 6) is 1.46. The molecule has 0 amide bonds. The molecule has 2 heterocycles. The molecule has 4 rings (SSSR count). The van der Waals surface area contributed by atoms with Gasteiger partial charge in [0.2, 0.25) is 6.79 Å². The van der Waals surface area contributed by atoms with Crippen LogP contribution in [-0.2, 0) is 11.2 Å². The second-order valence-electron chi connectivity index (χ2n) is 6.72. The van der Waals surface area contributed by atoms with Gasteiger partial charge in [0.15, 0.2) is 11.5 Å². The number of rotatable bonds is 8. The summed E-state index contributed by atoms with van der Waals surface area (Å²) in [5, 5.41) is 1.21. The van der Waals surface area contributed by atoms with Crippen LogP contribution in [0.5, 0.6) is 17.5 Å². The number of hydrogen-bond donors (Lipinski definition) is 1. The number of nitrogens with two attached hydrogens (primary N) is 1. The van der Waals surface area contributed by atoms with Gasteiger partial charge in [-0.25, -0.2) is 0 Å². The Labute approximate surface area is 173 Å². The summed E-state index contributed by atoms with van der Waals surface area (Å²) in [6.45, 7) is 1.45. The van der Waals surface area contributed by atoms with Gasteiger partial charge in [-0.1, -0.05) is 17.7 Å². The third kappa shape index (κ3) is 4.31. The Kier molecular flexibility index (Phi) is 5.87. The molecule has 0 radical (unpaired) electrons. The van der Waals surface area contributed by atoms with Gasteiger partial charge in [-0.15, -0.1) is 0 Å². The van der Waals surface area contributed by atoms with Crippen LogP contribution in [0.15, 0.2) is 30.3 Å². The van der Waals surface area contributed by atoms with Crippen molar-refractivity contribution < 1.29 is 18.9 Å². The van der Waals surface area contributed by atoms with E-state index < -0.39 is 0 Å². The van der Waals surface area contributed by atoms with Crippen molar-refractivity contribution in [2.24, 2.45) is 0 Å². The number of ether oxygens (including phenoxy) is 4. The number of aromatic nitrogens is 2. The van der Waals surface area contributed by atoms with Crippen LogP contribution >= 0.6 is 11.6 Å². The molecule has 8 heteroatoms. The number of methoxy groups -OCH3 is 1. The minimum Gasteiger partial charge on any atom is -0.463 e. The first kappa shape index (κ1) is 19.5. The van der Waals surface area contributed by atoms with E-state index in [-0.39, 0.29) is 6.79 Å². The molecule has 0 saturated carbocycles. The third-order valence-corrected chi connectivity index (χ3v) is 5.02. The Morgan fingerprint density at radius 3 is 2.76 bits per heavy atom. The molecule has 2 N–H and O–H groups in total. The number of halogens is 1. The van der Waals surface area contributed by atoms with E-state index in [1.54, 1.807) is 13.2 Å². The molecule has 2 aromatic carbocycles. The molecule has 3 aromatic rings. The molecule has 1 aliphatic rings. The monoisotopic (exact) mass is 415 g/mol. The Morgan fingerprint density at radius 1 is 1.07 bits per heavy atom. The van der Waals surface area contributed by atoms with Gasteiger partial charge in [-0.3, -0.25) is 0 Å². The first-order valence-corrected chi connectivity index (χ1v) is 9.78. The van der Waals surface area contributed by atoms with Crippen molar-refractivity contribution in [1.82, 2.24) is 9.97 Å². The fraction of sp³-hybridized carbons (Fsp3) is 0.333. The van der Waals surface area contributed by atoms with Crippen LogP contribution in [0, 0.1) is 0 Å². The van der Waals surface area contributed by atoms with E-state index in [9.17, 15) is 0 Å². The lowest BCUT2D eigenvalue weighted by atomic mass is 10.0. The van der Waals surface area contributed by atoms with Crippen LogP contribution in [0.25, 0.3) is 10.9 Å². The van der Waals surface area contributed by atoms with Crippen molar-refractivity contribution in [3.63, 3.8) is 0 Å². The summed E-state index contributed by atoms with van der Waals surface area (Å²) < 4.78 is 21.7. The van der Waals surface area contributed by atoms with E-state index in [0.29, 0.717) is 41.9 Å². The average molecular weight is 416 g/mol. The van der Waals surface area contributed by atoms with Gasteiger partial charge >= 0.3 is 6.01 Å². The van der Waals surface area contributed by atoms with Crippen molar-refractivity contribution in [2.75, 3.05) is 32.9 Å². The Bertz CT molecular complexity index is 1030. The van der Waals surface area contributed by atoms with Gasteiger partial charge in [0.1, 0.15) is 0 Å². The summed E-state index contributed by atoms with van der Waals surface area (Å²) in [5.41, 5.74) is 9.18. The van der Waals surface area contributed by atoms with E-state index >= 15 is 0 Å². The summed E-state index contributed by atoms with van der Waals surface area (Å²) >= 11 is 6.25. The molecule has 0 atom stereocenters. The Balaban J connectivity index is 1.65. The van der Waals surface area contributed by atoms with Crippen LogP contribution in [0.1, 0.15) is 24.1 Å². The number of fused-ring (bicyclic) bond motifs is 2. The minimum atomic E-state index is 0.235. The smallest absolute Gasteiger partial charge is 0.317 e. The molecule has 29 heavy (non-hydrogen) atoms. The molecule has 0 aliphatic carbocycles. The number of nitrogen functional groups attached to an aromatic ring is 1. The van der Waals surface area contributed by atoms with E-state index in [4.69, 9.17) is 36.3 Å². The van der Waals surface area contributed by atoms with Crippen molar-refractivity contribution in [1.29, 1.82) is 0 Å². The first-order valence-electron chi connectivity index (χ1n) is 9.40. The maximum Gasteiger partial charge on any atom is 0.317 e. The van der Waals surface area contributed by atoms with Gasteiger partial charge < -0.3 is 24.7 Å².